The largest absolute Gasteiger partial charge is 0.425 e. The molecule has 0 bridgehead atoms. The number of hydrogen-bond donors (Lipinski definition) is 1. The Morgan fingerprint density at radius 1 is 0.739 bits per heavy atom. The van der Waals surface area contributed by atoms with Crippen LogP contribution in [0.2, 0.25) is 0 Å². The monoisotopic (exact) mass is 334 g/mol. The van der Waals surface area contributed by atoms with E-state index in [0.717, 1.165) is 24.3 Å². The molecule has 2 aromatic rings. The van der Waals surface area contributed by atoms with E-state index < -0.39 is 34.6 Å². The van der Waals surface area contributed by atoms with Crippen LogP contribution in [0.4, 0.5) is 26.3 Å². The average Bonchev–Trinajstić information content (AvgIpc) is 2.44. The molecule has 0 radical (unpaired) electrons. The molecule has 0 spiro atoms. The van der Waals surface area contributed by atoms with Crippen molar-refractivity contribution in [1.29, 1.82) is 0 Å². The van der Waals surface area contributed by atoms with Gasteiger partial charge in [-0.05, 0) is 30.2 Å². The van der Waals surface area contributed by atoms with Crippen LogP contribution in [0.3, 0.4) is 0 Å². The molecule has 124 valence electrons. The summed E-state index contributed by atoms with van der Waals surface area (Å²) in [5.41, 5.74) is -5.77. The molecule has 0 amide bonds. The molecule has 0 heterocycles. The van der Waals surface area contributed by atoms with Gasteiger partial charge in [0.25, 0.3) is 0 Å². The molecule has 1 atom stereocenters. The van der Waals surface area contributed by atoms with Gasteiger partial charge in [-0.25, -0.2) is 0 Å². The summed E-state index contributed by atoms with van der Waals surface area (Å²) in [5.74, 6) is 0. The Hall–Kier alpha value is -2.02. The van der Waals surface area contributed by atoms with Crippen LogP contribution in [0.5, 0.6) is 0 Å². The Morgan fingerprint density at radius 2 is 1.22 bits per heavy atom. The predicted octanol–water partition coefficient (Wildman–Crippen LogP) is 4.81. The van der Waals surface area contributed by atoms with Gasteiger partial charge < -0.3 is 5.11 Å². The van der Waals surface area contributed by atoms with Crippen LogP contribution in [0.15, 0.2) is 48.5 Å². The van der Waals surface area contributed by atoms with Crippen molar-refractivity contribution < 1.29 is 31.4 Å². The van der Waals surface area contributed by atoms with Crippen LogP contribution in [-0.2, 0) is 11.8 Å². The minimum absolute atomic E-state index is 0.315. The maximum Gasteiger partial charge on any atom is 0.425 e. The minimum atomic E-state index is -5.19. The van der Waals surface area contributed by atoms with Gasteiger partial charge in [0.1, 0.15) is 0 Å². The molecule has 0 aliphatic carbocycles. The highest BCUT2D eigenvalue weighted by Gasteiger charge is 2.56. The molecule has 1 unspecified atom stereocenters. The number of hydrogen-bond acceptors (Lipinski definition) is 1. The Balaban J connectivity index is 2.70. The molecular formula is C16H12F6O. The number of aliphatic hydroxyl groups is 1. The fourth-order valence-electron chi connectivity index (χ4n) is 2.28. The Kier molecular flexibility index (Phi) is 4.19. The van der Waals surface area contributed by atoms with E-state index in [1.807, 2.05) is 0 Å². The lowest BCUT2D eigenvalue weighted by Crippen LogP contribution is -2.43. The zero-order valence-electron chi connectivity index (χ0n) is 11.8. The highest BCUT2D eigenvalue weighted by atomic mass is 19.4. The third kappa shape index (κ3) is 3.19. The first-order chi connectivity index (χ1) is 10.5. The van der Waals surface area contributed by atoms with Crippen LogP contribution in [0.25, 0.3) is 0 Å². The quantitative estimate of drug-likeness (QED) is 0.781. The van der Waals surface area contributed by atoms with Gasteiger partial charge in [-0.15, -0.1) is 0 Å². The summed E-state index contributed by atoms with van der Waals surface area (Å²) in [6.45, 7) is 1.52. The lowest BCUT2D eigenvalue weighted by molar-refractivity contribution is -0.248. The highest BCUT2D eigenvalue weighted by molar-refractivity contribution is 5.41. The fraction of sp³-hybridized carbons (Fsp3) is 0.250. The Bertz CT molecular complexity index is 704. The van der Waals surface area contributed by atoms with Crippen molar-refractivity contribution in [3.05, 3.63) is 70.8 Å². The topological polar surface area (TPSA) is 20.2 Å². The minimum Gasteiger partial charge on any atom is -0.372 e. The van der Waals surface area contributed by atoms with Crippen molar-refractivity contribution in [3.8, 4) is 0 Å². The van der Waals surface area contributed by atoms with Gasteiger partial charge in [0, 0.05) is 0 Å². The molecule has 0 saturated carbocycles. The molecule has 1 N–H and O–H groups in total. The number of aryl methyl sites for hydroxylation is 1. The van der Waals surface area contributed by atoms with Crippen LogP contribution < -0.4 is 0 Å². The lowest BCUT2D eigenvalue weighted by atomic mass is 9.84. The molecule has 0 saturated heterocycles. The summed E-state index contributed by atoms with van der Waals surface area (Å²) >= 11 is 0. The van der Waals surface area contributed by atoms with Crippen molar-refractivity contribution >= 4 is 0 Å². The van der Waals surface area contributed by atoms with E-state index in [1.165, 1.54) is 19.1 Å². The van der Waals surface area contributed by atoms with E-state index in [9.17, 15) is 31.4 Å². The van der Waals surface area contributed by atoms with Crippen molar-refractivity contribution in [2.75, 3.05) is 0 Å². The molecule has 0 aliphatic heterocycles. The number of rotatable bonds is 2. The molecule has 1 nitrogen and oxygen atoms in total. The smallest absolute Gasteiger partial charge is 0.372 e. The third-order valence-electron chi connectivity index (χ3n) is 3.45. The zero-order chi connectivity index (χ0) is 17.5. The number of benzene rings is 2. The number of alkyl halides is 6. The molecule has 7 heteroatoms. The van der Waals surface area contributed by atoms with E-state index >= 15 is 0 Å². The Labute approximate surface area is 128 Å². The van der Waals surface area contributed by atoms with Crippen LogP contribution in [-0.4, -0.2) is 11.3 Å². The van der Waals surface area contributed by atoms with Crippen LogP contribution in [0, 0.1) is 6.92 Å². The van der Waals surface area contributed by atoms with Gasteiger partial charge in [0.15, 0.2) is 0 Å². The SMILES string of the molecule is Cc1cccc(C(O)(c2cccc(C(F)(F)F)c2)C(F)(F)F)c1. The van der Waals surface area contributed by atoms with Gasteiger partial charge >= 0.3 is 12.4 Å². The second kappa shape index (κ2) is 5.56. The molecule has 0 aliphatic rings. The summed E-state index contributed by atoms with van der Waals surface area (Å²) in [5, 5.41) is 10.3. The predicted molar refractivity (Wildman–Crippen MR) is 71.7 cm³/mol. The van der Waals surface area contributed by atoms with Gasteiger partial charge in [-0.2, -0.15) is 26.3 Å². The summed E-state index contributed by atoms with van der Waals surface area (Å²) in [6.07, 6.45) is -10.00. The first-order valence-electron chi connectivity index (χ1n) is 6.50. The summed E-state index contributed by atoms with van der Waals surface area (Å²) in [6, 6.07) is 7.57. The van der Waals surface area contributed by atoms with Gasteiger partial charge in [-0.3, -0.25) is 0 Å². The molecule has 2 rings (SSSR count). The van der Waals surface area contributed by atoms with Crippen molar-refractivity contribution in [1.82, 2.24) is 0 Å². The normalized spacial score (nSPS) is 15.3. The standard InChI is InChI=1S/C16H12F6O/c1-10-4-2-5-11(8-10)14(23,16(20,21)22)12-6-3-7-13(9-12)15(17,18)19/h2-9,23H,1H3. The van der Waals surface area contributed by atoms with Crippen molar-refractivity contribution in [3.63, 3.8) is 0 Å². The van der Waals surface area contributed by atoms with Crippen LogP contribution in [0.1, 0.15) is 22.3 Å². The summed E-state index contributed by atoms with van der Waals surface area (Å²) in [7, 11) is 0. The van der Waals surface area contributed by atoms with E-state index in [1.54, 1.807) is 0 Å². The van der Waals surface area contributed by atoms with Crippen molar-refractivity contribution in [2.24, 2.45) is 0 Å². The summed E-state index contributed by atoms with van der Waals surface area (Å²) in [4.78, 5) is 0. The molecular weight excluding hydrogens is 322 g/mol. The van der Waals surface area contributed by atoms with E-state index in [0.29, 0.717) is 17.7 Å². The molecule has 23 heavy (non-hydrogen) atoms. The van der Waals surface area contributed by atoms with E-state index in [2.05, 4.69) is 0 Å². The van der Waals surface area contributed by atoms with Crippen molar-refractivity contribution in [2.45, 2.75) is 24.9 Å². The highest BCUT2D eigenvalue weighted by Crippen LogP contribution is 2.45. The maximum absolute atomic E-state index is 13.5. The number of halogens is 6. The third-order valence-corrected chi connectivity index (χ3v) is 3.45. The first-order valence-corrected chi connectivity index (χ1v) is 6.50. The maximum atomic E-state index is 13.5. The van der Waals surface area contributed by atoms with E-state index in [4.69, 9.17) is 0 Å². The zero-order valence-corrected chi connectivity index (χ0v) is 11.8. The fourth-order valence-corrected chi connectivity index (χ4v) is 2.28. The van der Waals surface area contributed by atoms with E-state index in [-0.39, 0.29) is 0 Å². The Morgan fingerprint density at radius 3 is 1.70 bits per heavy atom. The van der Waals surface area contributed by atoms with Gasteiger partial charge in [-0.1, -0.05) is 42.0 Å². The first kappa shape index (κ1) is 17.3. The molecule has 2 aromatic carbocycles. The molecule has 0 aromatic heterocycles. The lowest BCUT2D eigenvalue weighted by Gasteiger charge is -2.32. The van der Waals surface area contributed by atoms with Gasteiger partial charge in [0.05, 0.1) is 5.56 Å². The average molecular weight is 334 g/mol. The van der Waals surface area contributed by atoms with Crippen LogP contribution >= 0.6 is 0 Å². The van der Waals surface area contributed by atoms with Gasteiger partial charge in [0.2, 0.25) is 5.60 Å². The second-order valence-corrected chi connectivity index (χ2v) is 5.16. The second-order valence-electron chi connectivity index (χ2n) is 5.16. The summed E-state index contributed by atoms with van der Waals surface area (Å²) < 4.78 is 78.8. The molecule has 0 fully saturated rings.